The van der Waals surface area contributed by atoms with Crippen LogP contribution in [0.5, 0.6) is 5.75 Å². The van der Waals surface area contributed by atoms with E-state index in [1.807, 2.05) is 0 Å². The summed E-state index contributed by atoms with van der Waals surface area (Å²) >= 11 is 0. The molecule has 0 saturated carbocycles. The number of nitrogens with one attached hydrogen (secondary N) is 2. The topological polar surface area (TPSA) is 84.5 Å². The van der Waals surface area contributed by atoms with Crippen LogP contribution in [0, 0.1) is 5.82 Å². The van der Waals surface area contributed by atoms with Gasteiger partial charge in [0.05, 0.1) is 17.7 Å². The molecule has 0 aliphatic rings. The number of benzene rings is 2. The number of amides is 1. The Balaban J connectivity index is 2.22. The second-order valence-electron chi connectivity index (χ2n) is 6.01. The predicted octanol–water partition coefficient (Wildman–Crippen LogP) is 3.17. The number of hydrogen-bond donors (Lipinski definition) is 2. The Hall–Kier alpha value is -2.71. The van der Waals surface area contributed by atoms with E-state index in [1.54, 1.807) is 13.8 Å². The highest BCUT2D eigenvalue weighted by Crippen LogP contribution is 2.27. The molecule has 0 unspecified atom stereocenters. The SMILES string of the molecule is COc1ccc(S(=O)(=O)NC(C)C)cc1NC(=O)/C=C/c1ccc(F)cc1. The lowest BCUT2D eigenvalue weighted by atomic mass is 10.2. The Morgan fingerprint density at radius 2 is 1.81 bits per heavy atom. The molecule has 0 radical (unpaired) electrons. The third-order valence-electron chi connectivity index (χ3n) is 3.43. The van der Waals surface area contributed by atoms with Crippen molar-refractivity contribution < 1.29 is 22.3 Å². The third-order valence-corrected chi connectivity index (χ3v) is 5.08. The molecular weight excluding hydrogens is 371 g/mol. The van der Waals surface area contributed by atoms with Crippen molar-refractivity contribution >= 4 is 27.7 Å². The summed E-state index contributed by atoms with van der Waals surface area (Å²) in [6.07, 6.45) is 2.78. The summed E-state index contributed by atoms with van der Waals surface area (Å²) in [5.74, 6) is -0.527. The smallest absolute Gasteiger partial charge is 0.248 e. The van der Waals surface area contributed by atoms with E-state index in [9.17, 15) is 17.6 Å². The summed E-state index contributed by atoms with van der Waals surface area (Å²) < 4.78 is 45.2. The molecule has 0 saturated heterocycles. The molecule has 0 fully saturated rings. The van der Waals surface area contributed by atoms with Crippen LogP contribution in [0.4, 0.5) is 10.1 Å². The van der Waals surface area contributed by atoms with E-state index < -0.39 is 15.9 Å². The number of methoxy groups -OCH3 is 1. The first-order valence-corrected chi connectivity index (χ1v) is 9.64. The second kappa shape index (κ2) is 8.79. The summed E-state index contributed by atoms with van der Waals surface area (Å²) in [4.78, 5) is 12.2. The van der Waals surface area contributed by atoms with Crippen molar-refractivity contribution in [3.05, 3.63) is 59.9 Å². The molecule has 0 bridgehead atoms. The maximum atomic E-state index is 12.9. The van der Waals surface area contributed by atoms with Gasteiger partial charge in [-0.1, -0.05) is 12.1 Å². The molecular formula is C19H21FN2O4S. The highest BCUT2D eigenvalue weighted by molar-refractivity contribution is 7.89. The minimum Gasteiger partial charge on any atom is -0.495 e. The van der Waals surface area contributed by atoms with Gasteiger partial charge in [-0.3, -0.25) is 4.79 Å². The van der Waals surface area contributed by atoms with Crippen LogP contribution in [-0.4, -0.2) is 27.5 Å². The highest BCUT2D eigenvalue weighted by Gasteiger charge is 2.18. The summed E-state index contributed by atoms with van der Waals surface area (Å²) in [6, 6.07) is 9.56. The van der Waals surface area contributed by atoms with Gasteiger partial charge in [-0.05, 0) is 55.8 Å². The van der Waals surface area contributed by atoms with E-state index in [-0.39, 0.29) is 22.4 Å². The molecule has 8 heteroatoms. The lowest BCUT2D eigenvalue weighted by Gasteiger charge is -2.13. The molecule has 1 amide bonds. The predicted molar refractivity (Wildman–Crippen MR) is 103 cm³/mol. The van der Waals surface area contributed by atoms with Crippen LogP contribution < -0.4 is 14.8 Å². The lowest BCUT2D eigenvalue weighted by molar-refractivity contribution is -0.111. The number of carbonyl (C=O) groups is 1. The number of hydrogen-bond acceptors (Lipinski definition) is 4. The van der Waals surface area contributed by atoms with Gasteiger partial charge in [-0.15, -0.1) is 0 Å². The molecule has 0 spiro atoms. The van der Waals surface area contributed by atoms with E-state index in [1.165, 1.54) is 61.7 Å². The molecule has 6 nitrogen and oxygen atoms in total. The first kappa shape index (κ1) is 20.6. The molecule has 0 heterocycles. The summed E-state index contributed by atoms with van der Waals surface area (Å²) in [7, 11) is -2.30. The standard InChI is InChI=1S/C19H21FN2O4S/c1-13(2)22-27(24,25)16-9-10-18(26-3)17(12-16)21-19(23)11-6-14-4-7-15(20)8-5-14/h4-13,22H,1-3H3,(H,21,23)/b11-6+. The maximum Gasteiger partial charge on any atom is 0.248 e. The Morgan fingerprint density at radius 1 is 1.15 bits per heavy atom. The fourth-order valence-electron chi connectivity index (χ4n) is 2.25. The second-order valence-corrected chi connectivity index (χ2v) is 7.73. The van der Waals surface area contributed by atoms with Crippen LogP contribution in [0.3, 0.4) is 0 Å². The van der Waals surface area contributed by atoms with Gasteiger partial charge in [0.25, 0.3) is 0 Å². The Bertz CT molecular complexity index is 939. The average molecular weight is 392 g/mol. The van der Waals surface area contributed by atoms with Crippen molar-refractivity contribution in [1.82, 2.24) is 4.72 Å². The van der Waals surface area contributed by atoms with Crippen molar-refractivity contribution in [1.29, 1.82) is 0 Å². The van der Waals surface area contributed by atoms with Crippen molar-refractivity contribution in [2.24, 2.45) is 0 Å². The fraction of sp³-hybridized carbons (Fsp3) is 0.211. The van der Waals surface area contributed by atoms with Crippen molar-refractivity contribution in [3.8, 4) is 5.75 Å². The Kier molecular flexibility index (Phi) is 6.70. The number of carbonyl (C=O) groups excluding carboxylic acids is 1. The molecule has 2 aromatic rings. The number of anilines is 1. The van der Waals surface area contributed by atoms with Crippen LogP contribution in [0.25, 0.3) is 6.08 Å². The molecule has 0 aromatic heterocycles. The highest BCUT2D eigenvalue weighted by atomic mass is 32.2. The summed E-state index contributed by atoms with van der Waals surface area (Å²) in [5, 5.41) is 2.59. The van der Waals surface area contributed by atoms with Crippen molar-refractivity contribution in [2.75, 3.05) is 12.4 Å². The van der Waals surface area contributed by atoms with Crippen molar-refractivity contribution in [2.45, 2.75) is 24.8 Å². The van der Waals surface area contributed by atoms with Gasteiger partial charge in [0.2, 0.25) is 15.9 Å². The van der Waals surface area contributed by atoms with E-state index in [2.05, 4.69) is 10.0 Å². The third kappa shape index (κ3) is 5.90. The van der Waals surface area contributed by atoms with Gasteiger partial charge in [0, 0.05) is 12.1 Å². The van der Waals surface area contributed by atoms with Crippen LogP contribution in [-0.2, 0) is 14.8 Å². The van der Waals surface area contributed by atoms with E-state index in [4.69, 9.17) is 4.74 Å². The molecule has 2 N–H and O–H groups in total. The molecule has 0 aliphatic heterocycles. The molecule has 2 aromatic carbocycles. The van der Waals surface area contributed by atoms with Gasteiger partial charge in [-0.2, -0.15) is 0 Å². The molecule has 0 aliphatic carbocycles. The van der Waals surface area contributed by atoms with Gasteiger partial charge < -0.3 is 10.1 Å². The van der Waals surface area contributed by atoms with Gasteiger partial charge in [0.1, 0.15) is 11.6 Å². The Labute approximate surface area is 158 Å². The zero-order valence-corrected chi connectivity index (χ0v) is 16.0. The number of halogens is 1. The number of ether oxygens (including phenoxy) is 1. The van der Waals surface area contributed by atoms with E-state index >= 15 is 0 Å². The van der Waals surface area contributed by atoms with E-state index in [0.717, 1.165) is 0 Å². The summed E-state index contributed by atoms with van der Waals surface area (Å²) in [5.41, 5.74) is 0.869. The van der Waals surface area contributed by atoms with Gasteiger partial charge in [0.15, 0.2) is 0 Å². The molecule has 144 valence electrons. The quantitative estimate of drug-likeness (QED) is 0.709. The largest absolute Gasteiger partial charge is 0.495 e. The zero-order valence-electron chi connectivity index (χ0n) is 15.2. The Morgan fingerprint density at radius 3 is 2.41 bits per heavy atom. The normalized spacial score (nSPS) is 11.7. The fourth-order valence-corrected chi connectivity index (χ4v) is 3.53. The summed E-state index contributed by atoms with van der Waals surface area (Å²) in [6.45, 7) is 3.42. The van der Waals surface area contributed by atoms with Gasteiger partial charge in [-0.25, -0.2) is 17.5 Å². The van der Waals surface area contributed by atoms with Crippen LogP contribution in [0.15, 0.2) is 53.4 Å². The zero-order chi connectivity index (χ0) is 20.0. The number of rotatable bonds is 7. The van der Waals surface area contributed by atoms with Gasteiger partial charge >= 0.3 is 0 Å². The minimum atomic E-state index is -3.71. The minimum absolute atomic E-state index is 0.00909. The maximum absolute atomic E-state index is 12.9. The van der Waals surface area contributed by atoms with E-state index in [0.29, 0.717) is 11.3 Å². The lowest BCUT2D eigenvalue weighted by Crippen LogP contribution is -2.30. The molecule has 0 atom stereocenters. The monoisotopic (exact) mass is 392 g/mol. The molecule has 27 heavy (non-hydrogen) atoms. The molecule has 2 rings (SSSR count). The van der Waals surface area contributed by atoms with Crippen LogP contribution in [0.1, 0.15) is 19.4 Å². The van der Waals surface area contributed by atoms with Crippen LogP contribution in [0.2, 0.25) is 0 Å². The number of sulfonamides is 1. The first-order chi connectivity index (χ1) is 12.7. The van der Waals surface area contributed by atoms with Crippen molar-refractivity contribution in [3.63, 3.8) is 0 Å². The van der Waals surface area contributed by atoms with Crippen LogP contribution >= 0.6 is 0 Å². The average Bonchev–Trinajstić information content (AvgIpc) is 2.60. The first-order valence-electron chi connectivity index (χ1n) is 8.16.